The topological polar surface area (TPSA) is 75.4 Å². The third-order valence-corrected chi connectivity index (χ3v) is 3.16. The van der Waals surface area contributed by atoms with Crippen molar-refractivity contribution in [3.05, 3.63) is 29.8 Å². The number of rotatable bonds is 3. The van der Waals surface area contributed by atoms with Crippen molar-refractivity contribution >= 4 is 17.4 Å². The number of ketones is 1. The maximum absolute atomic E-state index is 11.7. The molecule has 1 fully saturated rings. The van der Waals surface area contributed by atoms with Gasteiger partial charge in [-0.2, -0.15) is 0 Å². The van der Waals surface area contributed by atoms with E-state index in [1.54, 1.807) is 12.1 Å². The normalized spacial score (nSPS) is 19.6. The molecule has 1 aromatic rings. The minimum atomic E-state index is -0.332. The molecule has 0 aliphatic carbocycles. The summed E-state index contributed by atoms with van der Waals surface area (Å²) in [7, 11) is 0. The number of carbonyl (C=O) groups is 2. The fourth-order valence-corrected chi connectivity index (χ4v) is 2.15. The molecule has 1 atom stereocenters. The highest BCUT2D eigenvalue weighted by molar-refractivity contribution is 5.94. The van der Waals surface area contributed by atoms with Crippen molar-refractivity contribution in [2.75, 3.05) is 24.5 Å². The summed E-state index contributed by atoms with van der Waals surface area (Å²) in [5, 5.41) is 2.80. The molecule has 1 aliphatic rings. The summed E-state index contributed by atoms with van der Waals surface area (Å²) in [6.07, 6.45) is 0. The summed E-state index contributed by atoms with van der Waals surface area (Å²) >= 11 is 0. The Morgan fingerprint density at radius 3 is 2.67 bits per heavy atom. The monoisotopic (exact) mass is 247 g/mol. The molecule has 0 radical (unpaired) electrons. The highest BCUT2D eigenvalue weighted by Crippen LogP contribution is 2.19. The van der Waals surface area contributed by atoms with E-state index in [2.05, 4.69) is 5.32 Å². The van der Waals surface area contributed by atoms with Crippen LogP contribution in [0.5, 0.6) is 0 Å². The highest BCUT2D eigenvalue weighted by Gasteiger charge is 2.28. The van der Waals surface area contributed by atoms with Crippen molar-refractivity contribution in [1.82, 2.24) is 5.32 Å². The van der Waals surface area contributed by atoms with E-state index < -0.39 is 0 Å². The Morgan fingerprint density at radius 2 is 2.11 bits per heavy atom. The minimum Gasteiger partial charge on any atom is -0.357 e. The third-order valence-electron chi connectivity index (χ3n) is 3.16. The first-order valence-corrected chi connectivity index (χ1v) is 5.99. The lowest BCUT2D eigenvalue weighted by molar-refractivity contribution is -0.123. The van der Waals surface area contributed by atoms with Crippen molar-refractivity contribution in [3.63, 3.8) is 0 Å². The van der Waals surface area contributed by atoms with Crippen LogP contribution in [-0.4, -0.2) is 37.4 Å². The van der Waals surface area contributed by atoms with Crippen LogP contribution in [0.1, 0.15) is 17.3 Å². The molecular formula is C13H17N3O2. The number of hydrogen-bond donors (Lipinski definition) is 2. The van der Waals surface area contributed by atoms with Gasteiger partial charge in [0.05, 0.1) is 0 Å². The number of nitrogens with one attached hydrogen (secondary N) is 1. The van der Waals surface area contributed by atoms with Crippen LogP contribution >= 0.6 is 0 Å². The minimum absolute atomic E-state index is 0.0355. The Labute approximate surface area is 106 Å². The Kier molecular flexibility index (Phi) is 3.62. The summed E-state index contributed by atoms with van der Waals surface area (Å²) in [6.45, 7) is 3.16. The lowest BCUT2D eigenvalue weighted by atomic mass is 10.1. The average molecular weight is 247 g/mol. The van der Waals surface area contributed by atoms with Crippen LogP contribution in [0, 0.1) is 0 Å². The molecule has 1 unspecified atom stereocenters. The van der Waals surface area contributed by atoms with Crippen LogP contribution in [0.2, 0.25) is 0 Å². The number of hydrogen-bond acceptors (Lipinski definition) is 4. The van der Waals surface area contributed by atoms with Gasteiger partial charge in [0.25, 0.3) is 0 Å². The van der Waals surface area contributed by atoms with E-state index in [1.807, 2.05) is 17.0 Å². The van der Waals surface area contributed by atoms with Crippen molar-refractivity contribution in [1.29, 1.82) is 0 Å². The molecule has 2 rings (SSSR count). The number of Topliss-reactive ketones (excluding diaryl/α,β-unsaturated/α-hetero) is 1. The van der Waals surface area contributed by atoms with E-state index in [4.69, 9.17) is 5.73 Å². The molecule has 0 spiro atoms. The molecule has 0 bridgehead atoms. The zero-order valence-electron chi connectivity index (χ0n) is 10.3. The molecule has 5 nitrogen and oxygen atoms in total. The third kappa shape index (κ3) is 2.36. The molecule has 1 aromatic carbocycles. The highest BCUT2D eigenvalue weighted by atomic mass is 16.2. The van der Waals surface area contributed by atoms with Gasteiger partial charge in [0.15, 0.2) is 5.78 Å². The van der Waals surface area contributed by atoms with Crippen LogP contribution in [0.15, 0.2) is 24.3 Å². The van der Waals surface area contributed by atoms with E-state index in [0.717, 1.165) is 12.2 Å². The van der Waals surface area contributed by atoms with Crippen molar-refractivity contribution in [2.24, 2.45) is 5.73 Å². The van der Waals surface area contributed by atoms with Crippen molar-refractivity contribution in [3.8, 4) is 0 Å². The molecule has 3 N–H and O–H groups in total. The van der Waals surface area contributed by atoms with E-state index in [9.17, 15) is 9.59 Å². The van der Waals surface area contributed by atoms with Gasteiger partial charge in [0, 0.05) is 30.9 Å². The Bertz CT molecular complexity index is 456. The van der Waals surface area contributed by atoms with E-state index >= 15 is 0 Å². The zero-order chi connectivity index (χ0) is 13.1. The molecule has 0 aromatic heterocycles. The molecule has 1 aliphatic heterocycles. The Balaban J connectivity index is 2.24. The first-order chi connectivity index (χ1) is 8.63. The summed E-state index contributed by atoms with van der Waals surface area (Å²) < 4.78 is 0. The maximum atomic E-state index is 11.7. The van der Waals surface area contributed by atoms with E-state index in [1.165, 1.54) is 6.92 Å². The van der Waals surface area contributed by atoms with Gasteiger partial charge >= 0.3 is 0 Å². The first-order valence-electron chi connectivity index (χ1n) is 5.99. The van der Waals surface area contributed by atoms with Gasteiger partial charge in [-0.25, -0.2) is 0 Å². The van der Waals surface area contributed by atoms with Crippen LogP contribution in [0.3, 0.4) is 0 Å². The number of carbonyl (C=O) groups excluding carboxylic acids is 2. The number of amides is 1. The maximum Gasteiger partial charge on any atom is 0.244 e. The molecule has 1 saturated heterocycles. The summed E-state index contributed by atoms with van der Waals surface area (Å²) in [6, 6.07) is 6.94. The average Bonchev–Trinajstić information content (AvgIpc) is 2.38. The predicted molar refractivity (Wildman–Crippen MR) is 69.6 cm³/mol. The van der Waals surface area contributed by atoms with Crippen LogP contribution in [0.25, 0.3) is 0 Å². The standard InChI is InChI=1S/C13H17N3O2/c1-9(17)10-2-4-11(5-3-10)16-7-6-15-13(18)12(16)8-14/h2-5,12H,6-8,14H2,1H3,(H,15,18). The molecule has 1 heterocycles. The number of nitrogens with zero attached hydrogens (tertiary/aromatic N) is 1. The fraction of sp³-hybridized carbons (Fsp3) is 0.385. The lowest BCUT2D eigenvalue weighted by Crippen LogP contribution is -2.58. The number of piperazine rings is 1. The smallest absolute Gasteiger partial charge is 0.244 e. The van der Waals surface area contributed by atoms with E-state index in [0.29, 0.717) is 12.1 Å². The van der Waals surface area contributed by atoms with Gasteiger partial charge in [-0.3, -0.25) is 9.59 Å². The summed E-state index contributed by atoms with van der Waals surface area (Å²) in [5.41, 5.74) is 7.24. The van der Waals surface area contributed by atoms with Crippen LogP contribution in [0.4, 0.5) is 5.69 Å². The van der Waals surface area contributed by atoms with Crippen LogP contribution in [-0.2, 0) is 4.79 Å². The molecule has 96 valence electrons. The first kappa shape index (κ1) is 12.6. The molecule has 0 saturated carbocycles. The summed E-state index contributed by atoms with van der Waals surface area (Å²) in [5.74, 6) is -0.00675. The number of nitrogens with two attached hydrogens (primary N) is 1. The quantitative estimate of drug-likeness (QED) is 0.746. The SMILES string of the molecule is CC(=O)c1ccc(N2CCNC(=O)C2CN)cc1. The molecule has 1 amide bonds. The van der Waals surface area contributed by atoms with E-state index in [-0.39, 0.29) is 24.3 Å². The second-order valence-electron chi connectivity index (χ2n) is 4.34. The molecule has 5 heteroatoms. The second kappa shape index (κ2) is 5.18. The van der Waals surface area contributed by atoms with Crippen molar-refractivity contribution in [2.45, 2.75) is 13.0 Å². The van der Waals surface area contributed by atoms with Gasteiger partial charge in [-0.15, -0.1) is 0 Å². The van der Waals surface area contributed by atoms with Gasteiger partial charge in [0.1, 0.15) is 6.04 Å². The number of anilines is 1. The van der Waals surface area contributed by atoms with Gasteiger partial charge in [-0.05, 0) is 31.2 Å². The zero-order valence-corrected chi connectivity index (χ0v) is 10.3. The summed E-state index contributed by atoms with van der Waals surface area (Å²) in [4.78, 5) is 24.9. The molecule has 18 heavy (non-hydrogen) atoms. The van der Waals surface area contributed by atoms with Gasteiger partial charge in [0.2, 0.25) is 5.91 Å². The van der Waals surface area contributed by atoms with Gasteiger partial charge < -0.3 is 16.0 Å². The van der Waals surface area contributed by atoms with Gasteiger partial charge in [-0.1, -0.05) is 0 Å². The Morgan fingerprint density at radius 1 is 1.44 bits per heavy atom. The lowest BCUT2D eigenvalue weighted by Gasteiger charge is -2.36. The fourth-order valence-electron chi connectivity index (χ4n) is 2.15. The second-order valence-corrected chi connectivity index (χ2v) is 4.34. The predicted octanol–water partition coefficient (Wildman–Crippen LogP) is 0.153. The van der Waals surface area contributed by atoms with Crippen LogP contribution < -0.4 is 16.0 Å². The molecular weight excluding hydrogens is 230 g/mol. The largest absolute Gasteiger partial charge is 0.357 e. The number of benzene rings is 1. The Hall–Kier alpha value is -1.88. The van der Waals surface area contributed by atoms with Crippen molar-refractivity contribution < 1.29 is 9.59 Å².